The highest BCUT2D eigenvalue weighted by atomic mass is 16.5. The van der Waals surface area contributed by atoms with Crippen molar-refractivity contribution in [2.75, 3.05) is 20.1 Å². The van der Waals surface area contributed by atoms with E-state index in [1.54, 1.807) is 24.4 Å². The lowest BCUT2D eigenvalue weighted by Gasteiger charge is -2.34. The molecule has 3 atom stereocenters. The van der Waals surface area contributed by atoms with E-state index < -0.39 is 0 Å². The van der Waals surface area contributed by atoms with Gasteiger partial charge in [0.05, 0.1) is 17.2 Å². The number of amides is 2. The molecule has 4 heterocycles. The molecule has 2 fully saturated rings. The molecule has 0 radical (unpaired) electrons. The molecular weight excluding hydrogens is 372 g/mol. The summed E-state index contributed by atoms with van der Waals surface area (Å²) in [6, 6.07) is 5.45. The Morgan fingerprint density at radius 3 is 2.93 bits per heavy atom. The van der Waals surface area contributed by atoms with Crippen molar-refractivity contribution in [1.82, 2.24) is 19.9 Å². The fourth-order valence-electron chi connectivity index (χ4n) is 4.79. The molecule has 0 unspecified atom stereocenters. The maximum Gasteiger partial charge on any atom is 0.293 e. The molecule has 0 N–H and O–H groups in total. The molecule has 3 aromatic rings. The quantitative estimate of drug-likeness (QED) is 0.678. The number of nitrogens with zero attached hydrogens (tertiary/aromatic N) is 4. The second kappa shape index (κ2) is 7.02. The van der Waals surface area contributed by atoms with Gasteiger partial charge in [-0.05, 0) is 49.3 Å². The molecule has 2 aliphatic rings. The minimum Gasteiger partial charge on any atom is -0.472 e. The van der Waals surface area contributed by atoms with E-state index in [9.17, 15) is 9.59 Å². The Kier molecular flexibility index (Phi) is 4.34. The van der Waals surface area contributed by atoms with Crippen LogP contribution in [0.2, 0.25) is 0 Å². The van der Waals surface area contributed by atoms with Gasteiger partial charge in [0.1, 0.15) is 6.26 Å². The maximum atomic E-state index is 13.0. The van der Waals surface area contributed by atoms with Gasteiger partial charge >= 0.3 is 0 Å². The molecule has 3 aromatic heterocycles. The van der Waals surface area contributed by atoms with Crippen LogP contribution in [0.1, 0.15) is 40.2 Å². The molecule has 29 heavy (non-hydrogen) atoms. The van der Waals surface area contributed by atoms with Crippen LogP contribution in [0.25, 0.3) is 11.0 Å². The minimum absolute atomic E-state index is 0.0176. The van der Waals surface area contributed by atoms with Gasteiger partial charge in [-0.15, -0.1) is 0 Å². The highest BCUT2D eigenvalue weighted by Gasteiger charge is 2.42. The largest absolute Gasteiger partial charge is 0.472 e. The minimum atomic E-state index is -0.134. The van der Waals surface area contributed by atoms with Crippen molar-refractivity contribution < 1.29 is 18.5 Å². The Hall–Kier alpha value is -3.16. The molecule has 0 aromatic carbocycles. The summed E-state index contributed by atoms with van der Waals surface area (Å²) in [6.45, 7) is 1.37. The number of furan rings is 1. The van der Waals surface area contributed by atoms with E-state index in [2.05, 4.69) is 10.1 Å². The monoisotopic (exact) mass is 394 g/mol. The van der Waals surface area contributed by atoms with Gasteiger partial charge in [-0.1, -0.05) is 5.16 Å². The number of hydrogen-bond donors (Lipinski definition) is 0. The van der Waals surface area contributed by atoms with Crippen molar-refractivity contribution in [2.45, 2.75) is 25.3 Å². The van der Waals surface area contributed by atoms with Gasteiger partial charge < -0.3 is 18.7 Å². The van der Waals surface area contributed by atoms with E-state index in [4.69, 9.17) is 8.94 Å². The van der Waals surface area contributed by atoms with Crippen LogP contribution in [-0.2, 0) is 0 Å². The fourth-order valence-corrected chi connectivity index (χ4v) is 4.79. The van der Waals surface area contributed by atoms with E-state index in [0.717, 1.165) is 19.3 Å². The van der Waals surface area contributed by atoms with Gasteiger partial charge in [-0.2, -0.15) is 0 Å². The number of piperidine rings is 1. The molecule has 1 saturated carbocycles. The van der Waals surface area contributed by atoms with Gasteiger partial charge in [0.2, 0.25) is 11.4 Å². The standard InChI is InChI=1S/C21H22N4O4/c1-24(20(26)14-5-8-28-12-14)16-9-13-4-7-25(11-15(13)10-16)21(27)18-17-3-2-6-22-19(17)23-29-18/h2-3,5-6,8,12-13,15-16H,4,7,9-11H2,1H3/t13-,15-,16+/m1/s1. The lowest BCUT2D eigenvalue weighted by Crippen LogP contribution is -2.42. The van der Waals surface area contributed by atoms with Crippen molar-refractivity contribution >= 4 is 22.8 Å². The third-order valence-electron chi connectivity index (χ3n) is 6.41. The van der Waals surface area contributed by atoms with Crippen molar-refractivity contribution in [1.29, 1.82) is 0 Å². The lowest BCUT2D eigenvalue weighted by atomic mass is 9.88. The summed E-state index contributed by atoms with van der Waals surface area (Å²) in [4.78, 5) is 33.5. The Labute approximate surface area is 167 Å². The highest BCUT2D eigenvalue weighted by Crippen LogP contribution is 2.40. The molecule has 150 valence electrons. The number of carbonyl (C=O) groups excluding carboxylic acids is 2. The third-order valence-corrected chi connectivity index (χ3v) is 6.41. The predicted molar refractivity (Wildman–Crippen MR) is 103 cm³/mol. The summed E-state index contributed by atoms with van der Waals surface area (Å²) < 4.78 is 10.3. The van der Waals surface area contributed by atoms with E-state index in [0.29, 0.717) is 41.5 Å². The smallest absolute Gasteiger partial charge is 0.293 e. The van der Waals surface area contributed by atoms with Crippen LogP contribution in [0, 0.1) is 11.8 Å². The van der Waals surface area contributed by atoms with Crippen LogP contribution in [0.5, 0.6) is 0 Å². The van der Waals surface area contributed by atoms with E-state index in [-0.39, 0.29) is 23.6 Å². The average Bonchev–Trinajstić information content (AvgIpc) is 3.50. The van der Waals surface area contributed by atoms with Crippen molar-refractivity contribution in [2.24, 2.45) is 11.8 Å². The normalized spacial score (nSPS) is 23.9. The van der Waals surface area contributed by atoms with E-state index in [1.807, 2.05) is 16.8 Å². The first-order chi connectivity index (χ1) is 14.1. The van der Waals surface area contributed by atoms with E-state index in [1.165, 1.54) is 12.5 Å². The fraction of sp³-hybridized carbons (Fsp3) is 0.429. The second-order valence-electron chi connectivity index (χ2n) is 8.00. The molecule has 0 spiro atoms. The highest BCUT2D eigenvalue weighted by molar-refractivity contribution is 6.02. The number of aromatic nitrogens is 2. The van der Waals surface area contributed by atoms with Crippen molar-refractivity contribution in [3.63, 3.8) is 0 Å². The number of fused-ring (bicyclic) bond motifs is 2. The summed E-state index contributed by atoms with van der Waals surface area (Å²) in [5.41, 5.74) is 1.02. The third kappa shape index (κ3) is 3.08. The van der Waals surface area contributed by atoms with Crippen LogP contribution in [0.4, 0.5) is 0 Å². The summed E-state index contributed by atoms with van der Waals surface area (Å²) >= 11 is 0. The molecule has 1 aliphatic heterocycles. The second-order valence-corrected chi connectivity index (χ2v) is 8.00. The Bertz CT molecular complexity index is 1040. The summed E-state index contributed by atoms with van der Waals surface area (Å²) in [6.07, 6.45) is 7.43. The molecular formula is C21H22N4O4. The van der Waals surface area contributed by atoms with Crippen LogP contribution in [0.15, 0.2) is 45.9 Å². The van der Waals surface area contributed by atoms with Gasteiger partial charge in [-0.3, -0.25) is 9.59 Å². The number of carbonyl (C=O) groups is 2. The van der Waals surface area contributed by atoms with Crippen molar-refractivity contribution in [3.8, 4) is 0 Å². The number of rotatable bonds is 3. The van der Waals surface area contributed by atoms with Gasteiger partial charge in [0, 0.05) is 32.4 Å². The number of hydrogen-bond acceptors (Lipinski definition) is 6. The van der Waals surface area contributed by atoms with Crippen LogP contribution in [0.3, 0.4) is 0 Å². The van der Waals surface area contributed by atoms with Crippen LogP contribution < -0.4 is 0 Å². The molecule has 1 aliphatic carbocycles. The van der Waals surface area contributed by atoms with Crippen LogP contribution in [-0.4, -0.2) is 57.9 Å². The summed E-state index contributed by atoms with van der Waals surface area (Å²) in [7, 11) is 1.86. The first kappa shape index (κ1) is 17.9. The van der Waals surface area contributed by atoms with Gasteiger partial charge in [0.15, 0.2) is 0 Å². The van der Waals surface area contributed by atoms with Crippen molar-refractivity contribution in [3.05, 3.63) is 48.2 Å². The molecule has 0 bridgehead atoms. The molecule has 2 amide bonds. The predicted octanol–water partition coefficient (Wildman–Crippen LogP) is 2.83. The van der Waals surface area contributed by atoms with Crippen LogP contribution >= 0.6 is 0 Å². The van der Waals surface area contributed by atoms with Gasteiger partial charge in [-0.25, -0.2) is 4.98 Å². The molecule has 8 heteroatoms. The zero-order valence-corrected chi connectivity index (χ0v) is 16.2. The SMILES string of the molecule is CN(C(=O)c1ccoc1)[C@H]1C[C@H]2CCN(C(=O)c3onc4ncccc34)C[C@H]2C1. The number of likely N-dealkylation sites (tertiary alicyclic amines) is 1. The first-order valence-electron chi connectivity index (χ1n) is 9.91. The Morgan fingerprint density at radius 2 is 2.10 bits per heavy atom. The maximum absolute atomic E-state index is 13.0. The Morgan fingerprint density at radius 1 is 1.24 bits per heavy atom. The molecule has 8 nitrogen and oxygen atoms in total. The number of pyridine rings is 1. The van der Waals surface area contributed by atoms with Gasteiger partial charge in [0.25, 0.3) is 11.8 Å². The van der Waals surface area contributed by atoms with E-state index >= 15 is 0 Å². The first-order valence-corrected chi connectivity index (χ1v) is 9.91. The molecule has 5 rings (SSSR count). The Balaban J connectivity index is 1.28. The molecule has 1 saturated heterocycles. The summed E-state index contributed by atoms with van der Waals surface area (Å²) in [5, 5.41) is 4.54. The zero-order valence-electron chi connectivity index (χ0n) is 16.2. The lowest BCUT2D eigenvalue weighted by molar-refractivity contribution is 0.0587. The zero-order chi connectivity index (χ0) is 20.0. The topological polar surface area (TPSA) is 92.7 Å². The summed E-state index contributed by atoms with van der Waals surface area (Å²) in [5.74, 6) is 1.01. The average molecular weight is 394 g/mol.